The number of aliphatic hydroxyl groups excluding tert-OH is 1. The summed E-state index contributed by atoms with van der Waals surface area (Å²) >= 11 is 0. The van der Waals surface area contributed by atoms with Crippen LogP contribution in [0.15, 0.2) is 12.3 Å². The van der Waals surface area contributed by atoms with Gasteiger partial charge in [0.1, 0.15) is 5.82 Å². The highest BCUT2D eigenvalue weighted by molar-refractivity contribution is 5.48. The predicted octanol–water partition coefficient (Wildman–Crippen LogP) is 0.697. The minimum Gasteiger partial charge on any atom is -0.391 e. The van der Waals surface area contributed by atoms with Gasteiger partial charge in [-0.2, -0.15) is 0 Å². The third-order valence-corrected chi connectivity index (χ3v) is 3.38. The number of rotatable bonds is 6. The van der Waals surface area contributed by atoms with Crippen LogP contribution >= 0.6 is 0 Å². The Morgan fingerprint density at radius 1 is 1.58 bits per heavy atom. The number of hydrogen-bond acceptors (Lipinski definition) is 5. The van der Waals surface area contributed by atoms with Crippen molar-refractivity contribution in [3.8, 4) is 0 Å². The number of aromatic nitrogens is 1. The topological polar surface area (TPSA) is 57.6 Å². The average Bonchev–Trinajstić information content (AvgIpc) is 2.81. The van der Waals surface area contributed by atoms with E-state index < -0.39 is 0 Å². The largest absolute Gasteiger partial charge is 0.391 e. The van der Waals surface area contributed by atoms with Crippen molar-refractivity contribution in [2.24, 2.45) is 0 Å². The van der Waals surface area contributed by atoms with E-state index in [0.29, 0.717) is 6.54 Å². The summed E-state index contributed by atoms with van der Waals surface area (Å²) in [4.78, 5) is 6.69. The molecule has 1 unspecified atom stereocenters. The number of nitrogens with zero attached hydrogens (tertiary/aromatic N) is 2. The Morgan fingerprint density at radius 2 is 2.42 bits per heavy atom. The zero-order chi connectivity index (χ0) is 13.7. The molecule has 0 aromatic carbocycles. The summed E-state index contributed by atoms with van der Waals surface area (Å²) in [5.74, 6) is 0.997. The van der Waals surface area contributed by atoms with E-state index >= 15 is 0 Å². The van der Waals surface area contributed by atoms with Gasteiger partial charge in [-0.05, 0) is 30.5 Å². The molecule has 0 amide bonds. The molecule has 1 fully saturated rings. The van der Waals surface area contributed by atoms with Crippen LogP contribution in [0.4, 0.5) is 5.82 Å². The number of ether oxygens (including phenoxy) is 1. The molecular weight excluding hydrogens is 242 g/mol. The second-order valence-electron chi connectivity index (χ2n) is 5.04. The van der Waals surface area contributed by atoms with Crippen LogP contribution in [0.3, 0.4) is 0 Å². The van der Waals surface area contributed by atoms with Gasteiger partial charge in [0, 0.05) is 39.5 Å². The second-order valence-corrected chi connectivity index (χ2v) is 5.04. The first kappa shape index (κ1) is 14.2. The zero-order valence-corrected chi connectivity index (χ0v) is 11.7. The Labute approximate surface area is 114 Å². The van der Waals surface area contributed by atoms with Gasteiger partial charge in [0.2, 0.25) is 0 Å². The summed E-state index contributed by atoms with van der Waals surface area (Å²) in [7, 11) is 1.70. The SMILES string of the molecule is COCCNCc1cnc(N2CCC(O)C2)c(C)c1. The molecular formula is C14H23N3O2. The van der Waals surface area contributed by atoms with Crippen LogP contribution in [-0.4, -0.2) is 49.5 Å². The van der Waals surface area contributed by atoms with Crippen molar-refractivity contribution in [1.29, 1.82) is 0 Å². The quantitative estimate of drug-likeness (QED) is 0.741. The molecule has 5 heteroatoms. The highest BCUT2D eigenvalue weighted by Crippen LogP contribution is 2.22. The van der Waals surface area contributed by atoms with Crippen molar-refractivity contribution in [2.45, 2.75) is 26.0 Å². The molecule has 2 N–H and O–H groups in total. The molecule has 0 spiro atoms. The Balaban J connectivity index is 1.93. The smallest absolute Gasteiger partial charge is 0.131 e. The van der Waals surface area contributed by atoms with Gasteiger partial charge in [-0.25, -0.2) is 4.98 Å². The molecule has 1 saturated heterocycles. The van der Waals surface area contributed by atoms with Crippen molar-refractivity contribution >= 4 is 5.82 Å². The van der Waals surface area contributed by atoms with Crippen LogP contribution in [0.5, 0.6) is 0 Å². The monoisotopic (exact) mass is 265 g/mol. The molecule has 1 atom stereocenters. The summed E-state index contributed by atoms with van der Waals surface area (Å²) in [6.07, 6.45) is 2.53. The molecule has 0 bridgehead atoms. The van der Waals surface area contributed by atoms with Gasteiger partial charge in [-0.1, -0.05) is 0 Å². The lowest BCUT2D eigenvalue weighted by atomic mass is 10.2. The molecule has 106 valence electrons. The van der Waals surface area contributed by atoms with Crippen molar-refractivity contribution in [3.05, 3.63) is 23.4 Å². The van der Waals surface area contributed by atoms with Gasteiger partial charge in [0.05, 0.1) is 12.7 Å². The molecule has 0 radical (unpaired) electrons. The molecule has 0 saturated carbocycles. The van der Waals surface area contributed by atoms with E-state index in [2.05, 4.69) is 28.2 Å². The van der Waals surface area contributed by atoms with Crippen LogP contribution in [0, 0.1) is 6.92 Å². The number of pyridine rings is 1. The molecule has 2 rings (SSSR count). The third kappa shape index (κ3) is 3.89. The second kappa shape index (κ2) is 6.84. The maximum Gasteiger partial charge on any atom is 0.131 e. The van der Waals surface area contributed by atoms with Crippen molar-refractivity contribution in [1.82, 2.24) is 10.3 Å². The van der Waals surface area contributed by atoms with Gasteiger partial charge < -0.3 is 20.1 Å². The minimum absolute atomic E-state index is 0.211. The summed E-state index contributed by atoms with van der Waals surface area (Å²) in [5.41, 5.74) is 2.34. The maximum absolute atomic E-state index is 9.58. The minimum atomic E-state index is -0.211. The standard InChI is InChI=1S/C14H23N3O2/c1-11-7-12(8-15-4-6-19-2)9-16-14(11)17-5-3-13(18)10-17/h7,9,13,15,18H,3-6,8,10H2,1-2H3. The van der Waals surface area contributed by atoms with Crippen molar-refractivity contribution < 1.29 is 9.84 Å². The van der Waals surface area contributed by atoms with E-state index in [-0.39, 0.29) is 6.10 Å². The number of anilines is 1. The molecule has 19 heavy (non-hydrogen) atoms. The lowest BCUT2D eigenvalue weighted by Crippen LogP contribution is -2.23. The first-order valence-corrected chi connectivity index (χ1v) is 6.79. The highest BCUT2D eigenvalue weighted by atomic mass is 16.5. The fourth-order valence-corrected chi connectivity index (χ4v) is 2.39. The molecule has 1 aliphatic rings. The first-order chi connectivity index (χ1) is 9.20. The van der Waals surface area contributed by atoms with E-state index in [1.54, 1.807) is 7.11 Å². The predicted molar refractivity (Wildman–Crippen MR) is 75.4 cm³/mol. The third-order valence-electron chi connectivity index (χ3n) is 3.38. The Kier molecular flexibility index (Phi) is 5.13. The summed E-state index contributed by atoms with van der Waals surface area (Å²) in [6, 6.07) is 2.16. The number of β-amino-alcohol motifs (C(OH)–C–C–N with tert-alkyl or cyclic N) is 1. The molecule has 2 heterocycles. The fraction of sp³-hybridized carbons (Fsp3) is 0.643. The van der Waals surface area contributed by atoms with Gasteiger partial charge in [-0.15, -0.1) is 0 Å². The van der Waals surface area contributed by atoms with E-state index in [1.807, 2.05) is 6.20 Å². The van der Waals surface area contributed by atoms with Crippen LogP contribution in [0.1, 0.15) is 17.5 Å². The number of hydrogen-bond donors (Lipinski definition) is 2. The summed E-state index contributed by atoms with van der Waals surface area (Å²) in [5, 5.41) is 12.9. The number of nitrogens with one attached hydrogen (secondary N) is 1. The molecule has 1 aliphatic heterocycles. The highest BCUT2D eigenvalue weighted by Gasteiger charge is 2.22. The number of methoxy groups -OCH3 is 1. The fourth-order valence-electron chi connectivity index (χ4n) is 2.39. The number of aryl methyl sites for hydroxylation is 1. The molecule has 1 aromatic rings. The molecule has 0 aliphatic carbocycles. The van der Waals surface area contributed by atoms with Crippen molar-refractivity contribution in [3.63, 3.8) is 0 Å². The summed E-state index contributed by atoms with van der Waals surface area (Å²) < 4.78 is 4.99. The van der Waals surface area contributed by atoms with E-state index in [0.717, 1.165) is 38.5 Å². The maximum atomic E-state index is 9.58. The zero-order valence-electron chi connectivity index (χ0n) is 11.7. The number of aliphatic hydroxyl groups is 1. The Morgan fingerprint density at radius 3 is 3.05 bits per heavy atom. The summed E-state index contributed by atoms with van der Waals surface area (Å²) in [6.45, 7) is 6.03. The molecule has 1 aromatic heterocycles. The molecule has 5 nitrogen and oxygen atoms in total. The Bertz CT molecular complexity index is 412. The van der Waals surface area contributed by atoms with Gasteiger partial charge in [0.25, 0.3) is 0 Å². The average molecular weight is 265 g/mol. The van der Waals surface area contributed by atoms with E-state index in [4.69, 9.17) is 4.74 Å². The van der Waals surface area contributed by atoms with Crippen LogP contribution in [0.25, 0.3) is 0 Å². The normalized spacial score (nSPS) is 19.1. The van der Waals surface area contributed by atoms with Crippen molar-refractivity contribution in [2.75, 3.05) is 38.3 Å². The Hall–Kier alpha value is -1.17. The van der Waals surface area contributed by atoms with Crippen LogP contribution in [0.2, 0.25) is 0 Å². The van der Waals surface area contributed by atoms with Gasteiger partial charge in [-0.3, -0.25) is 0 Å². The van der Waals surface area contributed by atoms with Crippen LogP contribution < -0.4 is 10.2 Å². The van der Waals surface area contributed by atoms with E-state index in [9.17, 15) is 5.11 Å². The van der Waals surface area contributed by atoms with Gasteiger partial charge >= 0.3 is 0 Å². The lowest BCUT2D eigenvalue weighted by Gasteiger charge is -2.19. The first-order valence-electron chi connectivity index (χ1n) is 6.79. The van der Waals surface area contributed by atoms with Gasteiger partial charge in [0.15, 0.2) is 0 Å². The van der Waals surface area contributed by atoms with Crippen LogP contribution in [-0.2, 0) is 11.3 Å². The lowest BCUT2D eigenvalue weighted by molar-refractivity contribution is 0.198. The van der Waals surface area contributed by atoms with E-state index in [1.165, 1.54) is 11.1 Å².